The molecule has 1 N–H and O–H groups in total. The smallest absolute Gasteiger partial charge is 0.274 e. The minimum Gasteiger partial charge on any atom is -0.343 e. The topological polar surface area (TPSA) is 70.5 Å². The molecular weight excluding hydrogens is 378 g/mol. The Balaban J connectivity index is 1.38. The van der Waals surface area contributed by atoms with Gasteiger partial charge in [0.05, 0.1) is 0 Å². The second kappa shape index (κ2) is 9.94. The molecule has 1 atom stereocenters. The van der Waals surface area contributed by atoms with Gasteiger partial charge in [-0.2, -0.15) is 5.10 Å². The number of hydrogen-bond acceptors (Lipinski definition) is 4. The number of aryl methyl sites for hydroxylation is 1. The SMILES string of the molecule is CCCn1nc(C(=O)N2CCCCC2)c2c1CCC(NCCCN1CCCC1=O)C2. The van der Waals surface area contributed by atoms with Gasteiger partial charge >= 0.3 is 0 Å². The highest BCUT2D eigenvalue weighted by Crippen LogP contribution is 2.27. The van der Waals surface area contributed by atoms with E-state index in [1.807, 2.05) is 9.80 Å². The van der Waals surface area contributed by atoms with E-state index in [1.165, 1.54) is 17.7 Å². The maximum absolute atomic E-state index is 13.2. The van der Waals surface area contributed by atoms with E-state index >= 15 is 0 Å². The van der Waals surface area contributed by atoms with Gasteiger partial charge in [-0.05, 0) is 64.3 Å². The molecule has 1 unspecified atom stereocenters. The molecule has 2 aliphatic heterocycles. The molecule has 7 heteroatoms. The molecular formula is C23H37N5O2. The number of carbonyl (C=O) groups is 2. The predicted molar refractivity (Wildman–Crippen MR) is 117 cm³/mol. The van der Waals surface area contributed by atoms with E-state index in [0.29, 0.717) is 24.1 Å². The third-order valence-corrected chi connectivity index (χ3v) is 6.84. The number of amides is 2. The molecule has 3 aliphatic rings. The number of aromatic nitrogens is 2. The largest absolute Gasteiger partial charge is 0.343 e. The van der Waals surface area contributed by atoms with Crippen molar-refractivity contribution in [1.29, 1.82) is 0 Å². The number of carbonyl (C=O) groups excluding carboxylic acids is 2. The fourth-order valence-electron chi connectivity index (χ4n) is 5.19. The molecule has 2 amide bonds. The van der Waals surface area contributed by atoms with E-state index in [1.54, 1.807) is 0 Å². The molecule has 7 nitrogen and oxygen atoms in total. The fraction of sp³-hybridized carbons (Fsp3) is 0.783. The van der Waals surface area contributed by atoms with Crippen molar-refractivity contribution in [3.63, 3.8) is 0 Å². The van der Waals surface area contributed by atoms with Gasteiger partial charge in [0, 0.05) is 56.4 Å². The van der Waals surface area contributed by atoms with Gasteiger partial charge in [0.2, 0.25) is 5.91 Å². The highest BCUT2D eigenvalue weighted by Gasteiger charge is 2.31. The molecule has 1 aromatic heterocycles. The lowest BCUT2D eigenvalue weighted by atomic mass is 9.90. The molecule has 0 radical (unpaired) electrons. The molecule has 1 aliphatic carbocycles. The highest BCUT2D eigenvalue weighted by atomic mass is 16.2. The van der Waals surface area contributed by atoms with Crippen LogP contribution in [0, 0.1) is 0 Å². The highest BCUT2D eigenvalue weighted by molar-refractivity contribution is 5.94. The van der Waals surface area contributed by atoms with Gasteiger partial charge < -0.3 is 15.1 Å². The second-order valence-corrected chi connectivity index (χ2v) is 9.08. The van der Waals surface area contributed by atoms with Gasteiger partial charge in [-0.3, -0.25) is 14.3 Å². The summed E-state index contributed by atoms with van der Waals surface area (Å²) >= 11 is 0. The summed E-state index contributed by atoms with van der Waals surface area (Å²) in [7, 11) is 0. The fourth-order valence-corrected chi connectivity index (χ4v) is 5.19. The minimum atomic E-state index is 0.133. The maximum Gasteiger partial charge on any atom is 0.274 e. The molecule has 2 fully saturated rings. The van der Waals surface area contributed by atoms with E-state index in [0.717, 1.165) is 90.6 Å². The van der Waals surface area contributed by atoms with Crippen molar-refractivity contribution in [2.45, 2.75) is 83.7 Å². The first-order valence-corrected chi connectivity index (χ1v) is 12.1. The zero-order valence-electron chi connectivity index (χ0n) is 18.5. The minimum absolute atomic E-state index is 0.133. The number of fused-ring (bicyclic) bond motifs is 1. The summed E-state index contributed by atoms with van der Waals surface area (Å²) in [5, 5.41) is 8.49. The Kier molecular flexibility index (Phi) is 7.08. The molecule has 0 spiro atoms. The van der Waals surface area contributed by atoms with Crippen LogP contribution in [-0.2, 0) is 24.2 Å². The first-order valence-electron chi connectivity index (χ1n) is 12.1. The summed E-state index contributed by atoms with van der Waals surface area (Å²) in [6.07, 6.45) is 10.1. The molecule has 1 aromatic rings. The van der Waals surface area contributed by atoms with Crippen LogP contribution < -0.4 is 5.32 Å². The van der Waals surface area contributed by atoms with Crippen LogP contribution in [-0.4, -0.2) is 70.2 Å². The Morgan fingerprint density at radius 2 is 1.93 bits per heavy atom. The summed E-state index contributed by atoms with van der Waals surface area (Å²) < 4.78 is 2.10. The Labute approximate surface area is 180 Å². The van der Waals surface area contributed by atoms with Crippen LogP contribution in [0.25, 0.3) is 0 Å². The van der Waals surface area contributed by atoms with Crippen molar-refractivity contribution in [1.82, 2.24) is 24.9 Å². The van der Waals surface area contributed by atoms with Crippen molar-refractivity contribution in [3.8, 4) is 0 Å². The normalized spacial score (nSPS) is 21.9. The standard InChI is InChI=1S/C23H37N5O2/c1-2-12-28-20-10-9-18(24-11-7-16-26-15-6-8-21(26)29)17-19(20)22(25-28)23(30)27-13-4-3-5-14-27/h18,24H,2-17H2,1H3. The van der Waals surface area contributed by atoms with Crippen LogP contribution in [0.2, 0.25) is 0 Å². The van der Waals surface area contributed by atoms with Crippen molar-refractivity contribution in [2.75, 3.05) is 32.7 Å². The lowest BCUT2D eigenvalue weighted by Gasteiger charge is -2.28. The number of rotatable bonds is 8. The Hall–Kier alpha value is -1.89. The van der Waals surface area contributed by atoms with Crippen LogP contribution in [0.3, 0.4) is 0 Å². The first kappa shape index (κ1) is 21.3. The zero-order valence-corrected chi connectivity index (χ0v) is 18.5. The lowest BCUT2D eigenvalue weighted by molar-refractivity contribution is -0.127. The third-order valence-electron chi connectivity index (χ3n) is 6.84. The molecule has 0 saturated carbocycles. The summed E-state index contributed by atoms with van der Waals surface area (Å²) in [4.78, 5) is 29.0. The Morgan fingerprint density at radius 3 is 2.67 bits per heavy atom. The maximum atomic E-state index is 13.2. The van der Waals surface area contributed by atoms with Gasteiger partial charge in [0.1, 0.15) is 0 Å². The summed E-state index contributed by atoms with van der Waals surface area (Å²) in [5.41, 5.74) is 3.16. The van der Waals surface area contributed by atoms with Crippen LogP contribution in [0.5, 0.6) is 0 Å². The number of likely N-dealkylation sites (tertiary alicyclic amines) is 2. The lowest BCUT2D eigenvalue weighted by Crippen LogP contribution is -2.39. The van der Waals surface area contributed by atoms with Crippen molar-refractivity contribution in [3.05, 3.63) is 17.0 Å². The van der Waals surface area contributed by atoms with Crippen LogP contribution in [0.15, 0.2) is 0 Å². The van der Waals surface area contributed by atoms with Gasteiger partial charge in [0.25, 0.3) is 5.91 Å². The predicted octanol–water partition coefficient (Wildman–Crippen LogP) is 2.38. The quantitative estimate of drug-likeness (QED) is 0.662. The van der Waals surface area contributed by atoms with Gasteiger partial charge in [-0.15, -0.1) is 0 Å². The number of nitrogens with zero attached hydrogens (tertiary/aromatic N) is 4. The Morgan fingerprint density at radius 1 is 1.10 bits per heavy atom. The average Bonchev–Trinajstić information content (AvgIpc) is 3.35. The summed E-state index contributed by atoms with van der Waals surface area (Å²) in [6.45, 7) is 7.48. The molecule has 3 heterocycles. The number of piperidine rings is 1. The van der Waals surface area contributed by atoms with Crippen LogP contribution in [0.1, 0.15) is 80.0 Å². The second-order valence-electron chi connectivity index (χ2n) is 9.08. The van der Waals surface area contributed by atoms with Gasteiger partial charge in [0.15, 0.2) is 5.69 Å². The van der Waals surface area contributed by atoms with E-state index in [9.17, 15) is 9.59 Å². The Bertz CT molecular complexity index is 753. The molecule has 166 valence electrons. The monoisotopic (exact) mass is 415 g/mol. The number of hydrogen-bond donors (Lipinski definition) is 1. The van der Waals surface area contributed by atoms with Crippen molar-refractivity contribution < 1.29 is 9.59 Å². The van der Waals surface area contributed by atoms with Crippen molar-refractivity contribution in [2.24, 2.45) is 0 Å². The van der Waals surface area contributed by atoms with E-state index in [-0.39, 0.29) is 5.91 Å². The van der Waals surface area contributed by atoms with E-state index in [4.69, 9.17) is 5.10 Å². The summed E-state index contributed by atoms with van der Waals surface area (Å²) in [5.74, 6) is 0.440. The number of nitrogens with one attached hydrogen (secondary N) is 1. The van der Waals surface area contributed by atoms with Gasteiger partial charge in [-0.1, -0.05) is 6.92 Å². The first-order chi connectivity index (χ1) is 14.7. The molecule has 2 saturated heterocycles. The third kappa shape index (κ3) is 4.71. The molecule has 0 aromatic carbocycles. The molecule has 4 rings (SSSR count). The van der Waals surface area contributed by atoms with Crippen LogP contribution >= 0.6 is 0 Å². The molecule has 30 heavy (non-hydrogen) atoms. The zero-order chi connectivity index (χ0) is 20.9. The van der Waals surface area contributed by atoms with E-state index < -0.39 is 0 Å². The summed E-state index contributed by atoms with van der Waals surface area (Å²) in [6, 6.07) is 0.388. The van der Waals surface area contributed by atoms with Gasteiger partial charge in [-0.25, -0.2) is 0 Å². The molecule has 0 bridgehead atoms. The average molecular weight is 416 g/mol. The van der Waals surface area contributed by atoms with Crippen molar-refractivity contribution >= 4 is 11.8 Å². The van der Waals surface area contributed by atoms with E-state index in [2.05, 4.69) is 16.9 Å². The van der Waals surface area contributed by atoms with Crippen LogP contribution in [0.4, 0.5) is 0 Å².